The van der Waals surface area contributed by atoms with Gasteiger partial charge in [0, 0.05) is 0 Å². The molecule has 0 N–H and O–H groups in total. The molecule has 4 aromatic carbocycles. The van der Waals surface area contributed by atoms with Crippen LogP contribution in [0.15, 0.2) is 108 Å². The van der Waals surface area contributed by atoms with E-state index in [1.54, 1.807) is 0 Å². The summed E-state index contributed by atoms with van der Waals surface area (Å²) in [5.74, 6) is -2.09. The van der Waals surface area contributed by atoms with Gasteiger partial charge in [-0.05, 0) is 0 Å². The van der Waals surface area contributed by atoms with Gasteiger partial charge in [-0.3, -0.25) is 0 Å². The molecule has 0 saturated carbocycles. The van der Waals surface area contributed by atoms with Gasteiger partial charge in [0.15, 0.2) is 0 Å². The van der Waals surface area contributed by atoms with Crippen LogP contribution in [0.4, 0.5) is 0 Å². The molecule has 2 unspecified atom stereocenters. The Morgan fingerprint density at radius 1 is 0.540 bits per heavy atom. The summed E-state index contributed by atoms with van der Waals surface area (Å²) in [5, 5.41) is 0. The van der Waals surface area contributed by atoms with Crippen LogP contribution in [0, 0.1) is 0 Å². The van der Waals surface area contributed by atoms with Gasteiger partial charge in [0.2, 0.25) is 0 Å². The van der Waals surface area contributed by atoms with Crippen molar-refractivity contribution in [1.82, 2.24) is 0 Å². The van der Waals surface area contributed by atoms with Crippen LogP contribution in [-0.4, -0.2) is 17.9 Å². The molecule has 0 bridgehead atoms. The summed E-state index contributed by atoms with van der Waals surface area (Å²) in [6.07, 6.45) is 6.27. The molecule has 12 heteroatoms. The number of fused-ring (bicyclic) bond motifs is 2. The maximum absolute atomic E-state index is 8.90. The zero-order valence-corrected chi connectivity index (χ0v) is 39.6. The van der Waals surface area contributed by atoms with Crippen LogP contribution in [0.1, 0.15) is 56.2 Å². The fraction of sp³-hybridized carbons (Fsp3) is 0.263. The first-order valence-corrected chi connectivity index (χ1v) is 43.1. The van der Waals surface area contributed by atoms with Gasteiger partial charge in [0.1, 0.15) is 0 Å². The van der Waals surface area contributed by atoms with Crippen LogP contribution in [0.3, 0.4) is 0 Å². The minimum absolute atomic E-state index is 0.0789. The summed E-state index contributed by atoms with van der Waals surface area (Å²) in [7, 11) is 17.8. The van der Waals surface area contributed by atoms with E-state index in [0.717, 1.165) is 24.9 Å². The van der Waals surface area contributed by atoms with Crippen molar-refractivity contribution >= 4 is 114 Å². The zero-order chi connectivity index (χ0) is 35.9. The Hall–Kier alpha value is 0.214. The van der Waals surface area contributed by atoms with Crippen molar-refractivity contribution in [1.29, 1.82) is 0 Å². The van der Waals surface area contributed by atoms with E-state index in [9.17, 15) is 0 Å². The van der Waals surface area contributed by atoms with Gasteiger partial charge >= 0.3 is 340 Å². The van der Waals surface area contributed by atoms with Crippen molar-refractivity contribution in [2.24, 2.45) is 0 Å². The predicted molar refractivity (Wildman–Crippen MR) is 230 cm³/mol. The molecule has 0 nitrogen and oxygen atoms in total. The molecule has 6 rings (SSSR count). The average molecular weight is 955 g/mol. The van der Waals surface area contributed by atoms with Gasteiger partial charge in [0.05, 0.1) is 0 Å². The number of halogens is 8. The summed E-state index contributed by atoms with van der Waals surface area (Å²) >= 11 is 33.7. The first kappa shape index (κ1) is 39.9. The molecule has 0 aliphatic heterocycles. The van der Waals surface area contributed by atoms with Crippen molar-refractivity contribution in [3.8, 4) is 22.3 Å². The van der Waals surface area contributed by atoms with E-state index in [2.05, 4.69) is 123 Å². The van der Waals surface area contributed by atoms with Crippen LogP contribution >= 0.6 is 83.5 Å². The third-order valence-electron chi connectivity index (χ3n) is 10.6. The van der Waals surface area contributed by atoms with E-state index in [-0.39, 0.29) is 7.25 Å². The monoisotopic (exact) mass is 949 g/mol. The first-order chi connectivity index (χ1) is 23.6. The molecular formula is C38H39Cl8Si3Zr. The molecular weight excluding hydrogens is 916 g/mol. The standard InChI is InChI=1S/2C16H13.C6H13Cl6Si3.2ClH.Zr/c2*1-12-10-14-8-5-9-15(16(14)11-12)13-6-3-2-4-7-13;7-14(8,9)5-1-3-13-4-2-6-15(10,11)12;;;/h2*2-11H,1H3;13H,1-6H2;2*1H;/q;;;;;+2/p-2. The van der Waals surface area contributed by atoms with Crippen LogP contribution in [0.25, 0.3) is 34.4 Å². The second-order valence-electron chi connectivity index (χ2n) is 13.9. The van der Waals surface area contributed by atoms with Crippen molar-refractivity contribution in [2.45, 2.75) is 58.1 Å². The molecule has 0 spiro atoms. The second-order valence-corrected chi connectivity index (χ2v) is 72.7. The van der Waals surface area contributed by atoms with Crippen LogP contribution in [-0.2, 0) is 15.6 Å². The SMILES string of the molecule is CC1=Cc2c(-c3ccccc3)cccc2[CH]1[Zr]([Cl])([Cl])([CH]1C(C)=Cc2c(-c3ccccc3)cccc21)[SiH](CCC[Si](Cl)(Cl)Cl)CCC[Si](Cl)(Cl)Cl. The molecule has 4 aromatic rings. The van der Waals surface area contributed by atoms with E-state index < -0.39 is 33.5 Å². The minimum atomic E-state index is -5.24. The van der Waals surface area contributed by atoms with Gasteiger partial charge in [-0.15, -0.1) is 0 Å². The van der Waals surface area contributed by atoms with E-state index in [0.29, 0.717) is 12.1 Å². The molecule has 263 valence electrons. The van der Waals surface area contributed by atoms with Crippen molar-refractivity contribution in [3.05, 3.63) is 130 Å². The Labute approximate surface area is 336 Å². The maximum atomic E-state index is 8.90. The van der Waals surface area contributed by atoms with Crippen molar-refractivity contribution in [2.75, 3.05) is 0 Å². The number of benzene rings is 4. The van der Waals surface area contributed by atoms with Gasteiger partial charge < -0.3 is 0 Å². The van der Waals surface area contributed by atoms with E-state index in [1.807, 2.05) is 0 Å². The molecule has 0 saturated heterocycles. The summed E-state index contributed by atoms with van der Waals surface area (Å²) in [6, 6.07) is 31.6. The van der Waals surface area contributed by atoms with Crippen LogP contribution < -0.4 is 0 Å². The normalized spacial score (nSPS) is 18.3. The Morgan fingerprint density at radius 3 is 1.28 bits per heavy atom. The molecule has 2 aliphatic carbocycles. The van der Waals surface area contributed by atoms with E-state index in [4.69, 9.17) is 83.5 Å². The Bertz CT molecular complexity index is 1790. The van der Waals surface area contributed by atoms with Gasteiger partial charge in [-0.2, -0.15) is 0 Å². The molecule has 2 atom stereocenters. The topological polar surface area (TPSA) is 0 Å². The fourth-order valence-corrected chi connectivity index (χ4v) is 64.5. The first-order valence-electron chi connectivity index (χ1n) is 17.0. The van der Waals surface area contributed by atoms with E-state index in [1.165, 1.54) is 55.7 Å². The zero-order valence-electron chi connectivity index (χ0n) is 27.9. The van der Waals surface area contributed by atoms with E-state index >= 15 is 0 Å². The van der Waals surface area contributed by atoms with Crippen LogP contribution in [0.2, 0.25) is 24.2 Å². The third-order valence-corrected chi connectivity index (χ3v) is 64.7. The van der Waals surface area contributed by atoms with Gasteiger partial charge in [0.25, 0.3) is 0 Å². The Balaban J connectivity index is 1.58. The number of hydrogen-bond acceptors (Lipinski definition) is 0. The number of hydrogen-bond donors (Lipinski definition) is 0. The number of allylic oxidation sites excluding steroid dienone is 2. The average Bonchev–Trinajstić information content (AvgIpc) is 3.60. The predicted octanol–water partition coefficient (Wildman–Crippen LogP) is 15.4. The summed E-state index contributed by atoms with van der Waals surface area (Å²) in [6.45, 7) is 4.47. The molecule has 2 aliphatic rings. The summed E-state index contributed by atoms with van der Waals surface area (Å²) < 4.78 is -0.158. The van der Waals surface area contributed by atoms with Crippen LogP contribution in [0.5, 0.6) is 0 Å². The molecule has 0 fully saturated rings. The number of rotatable bonds is 13. The quantitative estimate of drug-likeness (QED) is 0.0925. The molecule has 50 heavy (non-hydrogen) atoms. The second kappa shape index (κ2) is 15.8. The molecule has 0 aromatic heterocycles. The van der Waals surface area contributed by atoms with Crippen molar-refractivity contribution < 1.29 is 15.6 Å². The summed E-state index contributed by atoms with van der Waals surface area (Å²) in [5.41, 5.74) is 12.1. The van der Waals surface area contributed by atoms with Crippen molar-refractivity contribution in [3.63, 3.8) is 0 Å². The fourth-order valence-electron chi connectivity index (χ4n) is 8.74. The molecule has 0 heterocycles. The third kappa shape index (κ3) is 8.24. The Morgan fingerprint density at radius 2 is 0.920 bits per heavy atom. The molecule has 0 radical (unpaired) electrons. The Kier molecular flexibility index (Phi) is 12.6. The van der Waals surface area contributed by atoms with Gasteiger partial charge in [-0.1, -0.05) is 0 Å². The molecule has 0 amide bonds. The summed E-state index contributed by atoms with van der Waals surface area (Å²) in [4.78, 5) is 0. The van der Waals surface area contributed by atoms with Gasteiger partial charge in [-0.25, -0.2) is 0 Å².